The Morgan fingerprint density at radius 3 is 2.80 bits per heavy atom. The number of rotatable bonds is 3. The van der Waals surface area contributed by atoms with Crippen LogP contribution in [-0.4, -0.2) is 24.0 Å². The summed E-state index contributed by atoms with van der Waals surface area (Å²) in [6, 6.07) is 9.59. The number of hydrogen-bond acceptors (Lipinski definition) is 2. The largest absolute Gasteiger partial charge is 0.328 e. The Balaban J connectivity index is 1.91. The van der Waals surface area contributed by atoms with E-state index in [4.69, 9.17) is 5.73 Å². The summed E-state index contributed by atoms with van der Waals surface area (Å²) in [4.78, 5) is 2.39. The first-order chi connectivity index (χ1) is 7.15. The van der Waals surface area contributed by atoms with Gasteiger partial charge >= 0.3 is 0 Å². The predicted molar refractivity (Wildman–Crippen MR) is 66.6 cm³/mol. The summed E-state index contributed by atoms with van der Waals surface area (Å²) in [6.07, 6.45) is 2.29. The Bertz CT molecular complexity index is 334. The van der Waals surface area contributed by atoms with E-state index in [0.29, 0.717) is 12.1 Å². The van der Waals surface area contributed by atoms with Crippen LogP contribution < -0.4 is 5.73 Å². The van der Waals surface area contributed by atoms with Gasteiger partial charge in [0.05, 0.1) is 0 Å². The zero-order valence-corrected chi connectivity index (χ0v) is 10.6. The van der Waals surface area contributed by atoms with Crippen LogP contribution in [0, 0.1) is 0 Å². The molecule has 1 aliphatic rings. The maximum atomic E-state index is 5.79. The molecular weight excluding hydrogens is 252 g/mol. The lowest BCUT2D eigenvalue weighted by Crippen LogP contribution is -2.48. The van der Waals surface area contributed by atoms with Gasteiger partial charge in [-0.05, 0) is 37.6 Å². The number of hydrogen-bond donors (Lipinski definition) is 1. The molecule has 0 radical (unpaired) electrons. The molecule has 2 N–H and O–H groups in total. The van der Waals surface area contributed by atoms with E-state index in [1.165, 1.54) is 5.56 Å². The molecule has 1 aromatic rings. The molecule has 3 heteroatoms. The van der Waals surface area contributed by atoms with Gasteiger partial charge < -0.3 is 5.73 Å². The molecule has 15 heavy (non-hydrogen) atoms. The molecule has 1 aliphatic carbocycles. The summed E-state index contributed by atoms with van der Waals surface area (Å²) in [6.45, 7) is 1.01. The highest BCUT2D eigenvalue weighted by Gasteiger charge is 2.28. The van der Waals surface area contributed by atoms with Crippen molar-refractivity contribution in [2.75, 3.05) is 7.05 Å². The second kappa shape index (κ2) is 4.64. The molecule has 0 aromatic heterocycles. The zero-order valence-electron chi connectivity index (χ0n) is 8.99. The molecule has 0 saturated heterocycles. The third-order valence-electron chi connectivity index (χ3n) is 3.09. The van der Waals surface area contributed by atoms with Gasteiger partial charge in [0, 0.05) is 23.1 Å². The van der Waals surface area contributed by atoms with Crippen LogP contribution >= 0.6 is 15.9 Å². The van der Waals surface area contributed by atoms with E-state index in [2.05, 4.69) is 52.1 Å². The highest BCUT2D eigenvalue weighted by molar-refractivity contribution is 9.10. The van der Waals surface area contributed by atoms with Crippen molar-refractivity contribution >= 4 is 15.9 Å². The summed E-state index contributed by atoms with van der Waals surface area (Å²) < 4.78 is 1.15. The molecule has 1 saturated carbocycles. The lowest BCUT2D eigenvalue weighted by Gasteiger charge is -2.39. The van der Waals surface area contributed by atoms with E-state index in [9.17, 15) is 0 Å². The second-order valence-corrected chi connectivity index (χ2v) is 5.35. The molecule has 0 unspecified atom stereocenters. The molecule has 1 aromatic carbocycles. The lowest BCUT2D eigenvalue weighted by molar-refractivity contribution is 0.132. The van der Waals surface area contributed by atoms with Crippen molar-refractivity contribution in [2.45, 2.75) is 31.5 Å². The average Bonchev–Trinajstić information content (AvgIpc) is 2.13. The molecule has 0 amide bonds. The van der Waals surface area contributed by atoms with Crippen LogP contribution in [0.5, 0.6) is 0 Å². The summed E-state index contributed by atoms with van der Waals surface area (Å²) in [5.74, 6) is 0. The Morgan fingerprint density at radius 1 is 1.47 bits per heavy atom. The van der Waals surface area contributed by atoms with Crippen LogP contribution in [0.1, 0.15) is 18.4 Å². The van der Waals surface area contributed by atoms with Crippen molar-refractivity contribution in [3.05, 3.63) is 34.3 Å². The van der Waals surface area contributed by atoms with E-state index in [1.807, 2.05) is 0 Å². The Morgan fingerprint density at radius 2 is 2.20 bits per heavy atom. The molecule has 0 atom stereocenters. The van der Waals surface area contributed by atoms with E-state index in [-0.39, 0.29) is 0 Å². The second-order valence-electron chi connectivity index (χ2n) is 4.43. The van der Waals surface area contributed by atoms with Gasteiger partial charge in [0.1, 0.15) is 0 Å². The number of halogens is 1. The summed E-state index contributed by atoms with van der Waals surface area (Å²) in [7, 11) is 2.18. The van der Waals surface area contributed by atoms with Gasteiger partial charge in [-0.15, -0.1) is 0 Å². The third-order valence-corrected chi connectivity index (χ3v) is 3.59. The highest BCUT2D eigenvalue weighted by Crippen LogP contribution is 2.24. The normalized spacial score (nSPS) is 25.3. The molecule has 0 aliphatic heterocycles. The fourth-order valence-electron chi connectivity index (χ4n) is 2.04. The van der Waals surface area contributed by atoms with Gasteiger partial charge in [-0.1, -0.05) is 28.1 Å². The minimum Gasteiger partial charge on any atom is -0.328 e. The quantitative estimate of drug-likeness (QED) is 0.912. The molecule has 1 fully saturated rings. The Labute approximate surface area is 99.6 Å². The Hall–Kier alpha value is -0.380. The molecule has 0 spiro atoms. The molecule has 0 bridgehead atoms. The van der Waals surface area contributed by atoms with Crippen molar-refractivity contribution in [3.63, 3.8) is 0 Å². The average molecular weight is 269 g/mol. The van der Waals surface area contributed by atoms with Gasteiger partial charge in [0.2, 0.25) is 0 Å². The van der Waals surface area contributed by atoms with Crippen molar-refractivity contribution in [1.29, 1.82) is 0 Å². The first-order valence-corrected chi connectivity index (χ1v) is 6.14. The van der Waals surface area contributed by atoms with Gasteiger partial charge in [-0.25, -0.2) is 0 Å². The van der Waals surface area contributed by atoms with Gasteiger partial charge in [-0.3, -0.25) is 4.90 Å². The number of nitrogens with two attached hydrogens (primary N) is 1. The lowest BCUT2D eigenvalue weighted by atomic mass is 9.86. The zero-order chi connectivity index (χ0) is 10.8. The first-order valence-electron chi connectivity index (χ1n) is 5.35. The fourth-order valence-corrected chi connectivity index (χ4v) is 2.49. The summed E-state index contributed by atoms with van der Waals surface area (Å²) in [5.41, 5.74) is 7.14. The van der Waals surface area contributed by atoms with Gasteiger partial charge in [0.25, 0.3) is 0 Å². The van der Waals surface area contributed by atoms with Gasteiger partial charge in [0.15, 0.2) is 0 Å². The SMILES string of the molecule is CN(Cc1cccc(Br)c1)C1CC(N)C1. The van der Waals surface area contributed by atoms with Crippen LogP contribution in [0.2, 0.25) is 0 Å². The van der Waals surface area contributed by atoms with Crippen molar-refractivity contribution in [1.82, 2.24) is 4.90 Å². The van der Waals surface area contributed by atoms with Gasteiger partial charge in [-0.2, -0.15) is 0 Å². The van der Waals surface area contributed by atoms with Crippen molar-refractivity contribution < 1.29 is 0 Å². The fraction of sp³-hybridized carbons (Fsp3) is 0.500. The van der Waals surface area contributed by atoms with Crippen molar-refractivity contribution in [3.8, 4) is 0 Å². The maximum Gasteiger partial charge on any atom is 0.0234 e. The van der Waals surface area contributed by atoms with Crippen LogP contribution in [-0.2, 0) is 6.54 Å². The number of nitrogens with zero attached hydrogens (tertiary/aromatic N) is 1. The van der Waals surface area contributed by atoms with Crippen LogP contribution in [0.3, 0.4) is 0 Å². The minimum absolute atomic E-state index is 0.431. The molecular formula is C12H17BrN2. The molecule has 82 valence electrons. The van der Waals surface area contributed by atoms with E-state index in [1.54, 1.807) is 0 Å². The smallest absolute Gasteiger partial charge is 0.0234 e. The standard InChI is InChI=1S/C12H17BrN2/c1-15(12-6-11(14)7-12)8-9-3-2-4-10(13)5-9/h2-5,11-12H,6-8,14H2,1H3. The van der Waals surface area contributed by atoms with E-state index < -0.39 is 0 Å². The summed E-state index contributed by atoms with van der Waals surface area (Å²) in [5, 5.41) is 0. The molecule has 2 nitrogen and oxygen atoms in total. The van der Waals surface area contributed by atoms with Crippen molar-refractivity contribution in [2.24, 2.45) is 5.73 Å². The van der Waals surface area contributed by atoms with E-state index in [0.717, 1.165) is 23.9 Å². The molecule has 2 rings (SSSR count). The Kier molecular flexibility index (Phi) is 3.44. The van der Waals surface area contributed by atoms with Crippen LogP contribution in [0.4, 0.5) is 0 Å². The van der Waals surface area contributed by atoms with Crippen LogP contribution in [0.15, 0.2) is 28.7 Å². The monoisotopic (exact) mass is 268 g/mol. The first kappa shape index (κ1) is 11.1. The minimum atomic E-state index is 0.431. The third kappa shape index (κ3) is 2.80. The maximum absolute atomic E-state index is 5.79. The highest BCUT2D eigenvalue weighted by atomic mass is 79.9. The predicted octanol–water partition coefficient (Wildman–Crippen LogP) is 2.37. The van der Waals surface area contributed by atoms with E-state index >= 15 is 0 Å². The topological polar surface area (TPSA) is 29.3 Å². The molecule has 0 heterocycles. The summed E-state index contributed by atoms with van der Waals surface area (Å²) >= 11 is 3.49. The number of benzene rings is 1. The van der Waals surface area contributed by atoms with Crippen LogP contribution in [0.25, 0.3) is 0 Å².